The van der Waals surface area contributed by atoms with Crippen molar-refractivity contribution in [3.63, 3.8) is 0 Å². The Balaban J connectivity index is 0.000000368. The predicted octanol–water partition coefficient (Wildman–Crippen LogP) is 2.74. The largest absolute Gasteiger partial charge is 0.481 e. The van der Waals surface area contributed by atoms with Crippen LogP contribution in [0.25, 0.3) is 16.6 Å². The minimum Gasteiger partial charge on any atom is -0.481 e. The minimum absolute atomic E-state index is 0.0888. The highest BCUT2D eigenvalue weighted by atomic mass is 19.1. The van der Waals surface area contributed by atoms with E-state index in [1.165, 1.54) is 35.4 Å². The van der Waals surface area contributed by atoms with Crippen molar-refractivity contribution in [3.05, 3.63) is 54.2 Å². The van der Waals surface area contributed by atoms with E-state index in [-0.39, 0.29) is 17.8 Å². The van der Waals surface area contributed by atoms with Crippen LogP contribution >= 0.6 is 0 Å². The predicted molar refractivity (Wildman–Crippen MR) is 83.7 cm³/mol. The third kappa shape index (κ3) is 3.72. The van der Waals surface area contributed by atoms with E-state index in [0.717, 1.165) is 0 Å². The van der Waals surface area contributed by atoms with E-state index in [1.807, 2.05) is 0 Å². The van der Waals surface area contributed by atoms with Crippen LogP contribution in [0.15, 0.2) is 42.9 Å². The molecule has 2 heterocycles. The molecule has 8 heteroatoms. The number of carboxylic acids is 2. The van der Waals surface area contributed by atoms with E-state index in [1.54, 1.807) is 19.1 Å². The summed E-state index contributed by atoms with van der Waals surface area (Å²) in [6.07, 6.45) is 4.49. The molecule has 0 aliphatic heterocycles. The van der Waals surface area contributed by atoms with Crippen LogP contribution in [0.3, 0.4) is 0 Å². The van der Waals surface area contributed by atoms with Gasteiger partial charge in [0.15, 0.2) is 0 Å². The number of nitrogens with zero attached hydrogens (tertiary/aromatic N) is 3. The Morgan fingerprint density at radius 3 is 2.29 bits per heavy atom. The fourth-order valence-corrected chi connectivity index (χ4v) is 1.90. The normalized spacial score (nSPS) is 10.1. The Hall–Kier alpha value is -3.29. The molecular weight excluding hydrogens is 317 g/mol. The molecule has 2 N–H and O–H groups in total. The topological polar surface area (TPSA) is 105 Å². The first-order chi connectivity index (χ1) is 11.4. The first kappa shape index (κ1) is 17.1. The molecule has 0 spiro atoms. The number of pyridine rings is 1. The standard InChI is InChI=1S/C13H8FN3O2.C3H6O2/c14-8-1-3-9(4-2-8)17-12-7-15-5-11(13(18)19)10(12)6-16-17;1-2-3(4)5/h1-7H,(H,18,19);2H2,1H3,(H,4,5). The monoisotopic (exact) mass is 331 g/mol. The second-order valence-electron chi connectivity index (χ2n) is 4.71. The summed E-state index contributed by atoms with van der Waals surface area (Å²) in [7, 11) is 0. The van der Waals surface area contributed by atoms with Crippen LogP contribution < -0.4 is 0 Å². The number of aliphatic carboxylic acids is 1. The maximum Gasteiger partial charge on any atom is 0.338 e. The maximum absolute atomic E-state index is 12.9. The zero-order chi connectivity index (χ0) is 17.7. The van der Waals surface area contributed by atoms with E-state index in [0.29, 0.717) is 16.6 Å². The highest BCUT2D eigenvalue weighted by molar-refractivity contribution is 6.02. The van der Waals surface area contributed by atoms with E-state index in [4.69, 9.17) is 10.2 Å². The number of carboxylic acid groups (broad SMARTS) is 2. The molecule has 124 valence electrons. The Morgan fingerprint density at radius 1 is 1.12 bits per heavy atom. The number of aromatic nitrogens is 3. The molecule has 7 nitrogen and oxygen atoms in total. The van der Waals surface area contributed by atoms with Crippen LogP contribution in [0.5, 0.6) is 0 Å². The van der Waals surface area contributed by atoms with Crippen LogP contribution in [0, 0.1) is 5.82 Å². The molecule has 0 amide bonds. The Morgan fingerprint density at radius 2 is 1.75 bits per heavy atom. The van der Waals surface area contributed by atoms with Gasteiger partial charge in [-0.25, -0.2) is 13.9 Å². The maximum atomic E-state index is 12.9. The van der Waals surface area contributed by atoms with Gasteiger partial charge in [-0.15, -0.1) is 0 Å². The molecule has 0 aliphatic rings. The Bertz CT molecular complexity index is 875. The van der Waals surface area contributed by atoms with Gasteiger partial charge < -0.3 is 10.2 Å². The lowest BCUT2D eigenvalue weighted by Gasteiger charge is -2.03. The lowest BCUT2D eigenvalue weighted by Crippen LogP contribution is -1.99. The van der Waals surface area contributed by atoms with Gasteiger partial charge >= 0.3 is 11.9 Å². The molecule has 0 fully saturated rings. The number of halogens is 1. The molecule has 0 radical (unpaired) electrons. The Kier molecular flexibility index (Phi) is 5.20. The van der Waals surface area contributed by atoms with Crippen LogP contribution in [-0.2, 0) is 4.79 Å². The molecule has 3 aromatic rings. The molecule has 24 heavy (non-hydrogen) atoms. The smallest absolute Gasteiger partial charge is 0.338 e. The summed E-state index contributed by atoms with van der Waals surface area (Å²) in [6.45, 7) is 1.60. The first-order valence-electron chi connectivity index (χ1n) is 6.96. The van der Waals surface area contributed by atoms with Crippen molar-refractivity contribution in [2.24, 2.45) is 0 Å². The fourth-order valence-electron chi connectivity index (χ4n) is 1.90. The summed E-state index contributed by atoms with van der Waals surface area (Å²) in [5, 5.41) is 21.4. The summed E-state index contributed by atoms with van der Waals surface area (Å²) in [6, 6.07) is 5.76. The van der Waals surface area contributed by atoms with Gasteiger partial charge in [0.25, 0.3) is 0 Å². The molecular formula is C16H14FN3O4. The molecule has 0 saturated carbocycles. The van der Waals surface area contributed by atoms with E-state index < -0.39 is 11.9 Å². The van der Waals surface area contributed by atoms with Gasteiger partial charge in [0, 0.05) is 18.0 Å². The Labute approximate surface area is 136 Å². The quantitative estimate of drug-likeness (QED) is 0.764. The molecule has 0 unspecified atom stereocenters. The van der Waals surface area contributed by atoms with Gasteiger partial charge in [-0.3, -0.25) is 9.78 Å². The highest BCUT2D eigenvalue weighted by Gasteiger charge is 2.13. The lowest BCUT2D eigenvalue weighted by molar-refractivity contribution is -0.136. The van der Waals surface area contributed by atoms with Crippen molar-refractivity contribution < 1.29 is 24.2 Å². The zero-order valence-corrected chi connectivity index (χ0v) is 12.7. The molecule has 0 bridgehead atoms. The third-order valence-corrected chi connectivity index (χ3v) is 3.10. The molecule has 1 aromatic carbocycles. The number of benzene rings is 1. The molecule has 2 aromatic heterocycles. The average Bonchev–Trinajstić information content (AvgIpc) is 3.00. The van der Waals surface area contributed by atoms with Crippen molar-refractivity contribution >= 4 is 22.8 Å². The van der Waals surface area contributed by atoms with E-state index >= 15 is 0 Å². The molecule has 0 aliphatic carbocycles. The number of carbonyl (C=O) groups is 2. The SMILES string of the molecule is CCC(=O)O.O=C(O)c1cncc2c1cnn2-c1ccc(F)cc1. The summed E-state index contributed by atoms with van der Waals surface area (Å²) in [4.78, 5) is 24.3. The van der Waals surface area contributed by atoms with Crippen molar-refractivity contribution in [1.29, 1.82) is 0 Å². The first-order valence-corrected chi connectivity index (χ1v) is 6.96. The van der Waals surface area contributed by atoms with Crippen molar-refractivity contribution in [2.75, 3.05) is 0 Å². The van der Waals surface area contributed by atoms with Gasteiger partial charge in [0.2, 0.25) is 0 Å². The second-order valence-corrected chi connectivity index (χ2v) is 4.71. The van der Waals surface area contributed by atoms with Gasteiger partial charge in [-0.05, 0) is 24.3 Å². The van der Waals surface area contributed by atoms with Crippen LogP contribution in [-0.4, -0.2) is 36.9 Å². The number of hydrogen-bond acceptors (Lipinski definition) is 4. The third-order valence-electron chi connectivity index (χ3n) is 3.10. The summed E-state index contributed by atoms with van der Waals surface area (Å²) >= 11 is 0. The van der Waals surface area contributed by atoms with E-state index in [9.17, 15) is 14.0 Å². The molecule has 0 saturated heterocycles. The van der Waals surface area contributed by atoms with Crippen molar-refractivity contribution in [2.45, 2.75) is 13.3 Å². The van der Waals surface area contributed by atoms with Crippen molar-refractivity contribution in [3.8, 4) is 5.69 Å². The number of fused-ring (bicyclic) bond motifs is 1. The van der Waals surface area contributed by atoms with Gasteiger partial charge in [-0.1, -0.05) is 6.92 Å². The summed E-state index contributed by atoms with van der Waals surface area (Å²) in [5.74, 6) is -2.15. The second kappa shape index (κ2) is 7.32. The number of aromatic carboxylic acids is 1. The van der Waals surface area contributed by atoms with Crippen molar-refractivity contribution in [1.82, 2.24) is 14.8 Å². The lowest BCUT2D eigenvalue weighted by atomic mass is 10.2. The highest BCUT2D eigenvalue weighted by Crippen LogP contribution is 2.20. The minimum atomic E-state index is -1.06. The van der Waals surface area contributed by atoms with Crippen LogP contribution in [0.2, 0.25) is 0 Å². The molecule has 0 atom stereocenters. The number of hydrogen-bond donors (Lipinski definition) is 2. The summed E-state index contributed by atoms with van der Waals surface area (Å²) < 4.78 is 14.4. The zero-order valence-electron chi connectivity index (χ0n) is 12.7. The summed E-state index contributed by atoms with van der Waals surface area (Å²) in [5.41, 5.74) is 1.29. The molecule has 3 rings (SSSR count). The van der Waals surface area contributed by atoms with Crippen LogP contribution in [0.4, 0.5) is 4.39 Å². The van der Waals surface area contributed by atoms with Gasteiger partial charge in [0.1, 0.15) is 5.82 Å². The number of rotatable bonds is 3. The fraction of sp³-hybridized carbons (Fsp3) is 0.125. The van der Waals surface area contributed by atoms with E-state index in [2.05, 4.69) is 10.1 Å². The van der Waals surface area contributed by atoms with Gasteiger partial charge in [-0.2, -0.15) is 5.10 Å². The van der Waals surface area contributed by atoms with Crippen LogP contribution in [0.1, 0.15) is 23.7 Å². The average molecular weight is 331 g/mol. The van der Waals surface area contributed by atoms with Gasteiger partial charge in [0.05, 0.1) is 29.2 Å².